The molecule has 0 radical (unpaired) electrons. The standard InChI is InChI=1S/C27H25N3O4/c1-33-22-13-15-25(34-2)23(17-22)24-14-16-26(31)30(28-24)19-27(32)29(21-11-7-4-8-12-21)18-20-9-5-3-6-10-20/h3-17H,18-19H2,1-2H3. The molecule has 0 unspecified atom stereocenters. The molecule has 0 spiro atoms. The molecule has 7 heteroatoms. The summed E-state index contributed by atoms with van der Waals surface area (Å²) in [5.74, 6) is 0.962. The molecule has 0 bridgehead atoms. The number of hydrogen-bond donors (Lipinski definition) is 0. The molecular weight excluding hydrogens is 430 g/mol. The molecular formula is C27H25N3O4. The lowest BCUT2D eigenvalue weighted by Gasteiger charge is -2.23. The number of methoxy groups -OCH3 is 2. The van der Waals surface area contributed by atoms with Crippen LogP contribution in [0.5, 0.6) is 11.5 Å². The second-order valence-electron chi connectivity index (χ2n) is 7.58. The minimum atomic E-state index is -0.369. The SMILES string of the molecule is COc1ccc(OC)c(-c2ccc(=O)n(CC(=O)N(Cc3ccccc3)c3ccccc3)n2)c1. The van der Waals surface area contributed by atoms with Gasteiger partial charge in [0.2, 0.25) is 5.91 Å². The van der Waals surface area contributed by atoms with Crippen LogP contribution in [0.25, 0.3) is 11.3 Å². The quantitative estimate of drug-likeness (QED) is 0.399. The monoisotopic (exact) mass is 455 g/mol. The summed E-state index contributed by atoms with van der Waals surface area (Å²) >= 11 is 0. The third kappa shape index (κ3) is 5.15. The molecule has 4 aromatic rings. The van der Waals surface area contributed by atoms with Crippen LogP contribution < -0.4 is 19.9 Å². The van der Waals surface area contributed by atoms with Crippen molar-refractivity contribution >= 4 is 11.6 Å². The number of carbonyl (C=O) groups is 1. The van der Waals surface area contributed by atoms with Gasteiger partial charge in [-0.05, 0) is 42.0 Å². The van der Waals surface area contributed by atoms with Crippen molar-refractivity contribution in [3.05, 3.63) is 107 Å². The summed E-state index contributed by atoms with van der Waals surface area (Å²) in [6, 6.07) is 27.4. The van der Waals surface area contributed by atoms with Crippen molar-refractivity contribution in [3.8, 4) is 22.8 Å². The lowest BCUT2D eigenvalue weighted by Crippen LogP contribution is -2.37. The largest absolute Gasteiger partial charge is 0.497 e. The number of hydrogen-bond acceptors (Lipinski definition) is 5. The third-order valence-corrected chi connectivity index (χ3v) is 5.39. The average molecular weight is 456 g/mol. The van der Waals surface area contributed by atoms with Gasteiger partial charge in [0.25, 0.3) is 5.56 Å². The smallest absolute Gasteiger partial charge is 0.267 e. The molecule has 3 aromatic carbocycles. The Bertz CT molecular complexity index is 1320. The topological polar surface area (TPSA) is 73.7 Å². The number of nitrogens with zero attached hydrogens (tertiary/aromatic N) is 3. The van der Waals surface area contributed by atoms with Gasteiger partial charge in [0.1, 0.15) is 18.0 Å². The summed E-state index contributed by atoms with van der Waals surface area (Å²) in [6.07, 6.45) is 0. The van der Waals surface area contributed by atoms with Gasteiger partial charge in [0.05, 0.1) is 26.5 Å². The highest BCUT2D eigenvalue weighted by Gasteiger charge is 2.19. The van der Waals surface area contributed by atoms with Gasteiger partial charge in [0.15, 0.2) is 0 Å². The molecule has 0 N–H and O–H groups in total. The Morgan fingerprint density at radius 1 is 0.882 bits per heavy atom. The van der Waals surface area contributed by atoms with E-state index in [-0.39, 0.29) is 18.0 Å². The Labute approximate surface area is 197 Å². The maximum Gasteiger partial charge on any atom is 0.267 e. The molecule has 1 amide bonds. The van der Waals surface area contributed by atoms with E-state index in [4.69, 9.17) is 9.47 Å². The fourth-order valence-corrected chi connectivity index (χ4v) is 3.63. The van der Waals surface area contributed by atoms with E-state index in [1.54, 1.807) is 43.4 Å². The van der Waals surface area contributed by atoms with Gasteiger partial charge in [-0.1, -0.05) is 48.5 Å². The van der Waals surface area contributed by atoms with Gasteiger partial charge >= 0.3 is 0 Å². The van der Waals surface area contributed by atoms with Crippen molar-refractivity contribution in [3.63, 3.8) is 0 Å². The van der Waals surface area contributed by atoms with Gasteiger partial charge in [0, 0.05) is 17.3 Å². The summed E-state index contributed by atoms with van der Waals surface area (Å²) in [5.41, 5.74) is 2.52. The number of carbonyl (C=O) groups excluding carboxylic acids is 1. The first-order valence-corrected chi connectivity index (χ1v) is 10.8. The highest BCUT2D eigenvalue weighted by molar-refractivity contribution is 5.93. The molecule has 0 atom stereocenters. The number of rotatable bonds is 8. The van der Waals surface area contributed by atoms with Crippen LogP contribution in [0.3, 0.4) is 0 Å². The van der Waals surface area contributed by atoms with Crippen molar-refractivity contribution in [1.29, 1.82) is 0 Å². The van der Waals surface area contributed by atoms with Crippen LogP contribution in [0, 0.1) is 0 Å². The Morgan fingerprint density at radius 2 is 1.59 bits per heavy atom. The Balaban J connectivity index is 1.67. The zero-order chi connectivity index (χ0) is 23.9. The molecule has 4 rings (SSSR count). The summed E-state index contributed by atoms with van der Waals surface area (Å²) in [4.78, 5) is 27.7. The van der Waals surface area contributed by atoms with E-state index in [1.807, 2.05) is 60.7 Å². The molecule has 0 fully saturated rings. The van der Waals surface area contributed by atoms with Gasteiger partial charge in [-0.25, -0.2) is 4.68 Å². The molecule has 0 saturated carbocycles. The van der Waals surface area contributed by atoms with Crippen molar-refractivity contribution in [2.45, 2.75) is 13.1 Å². The van der Waals surface area contributed by atoms with Crippen LogP contribution in [0.15, 0.2) is 95.8 Å². The zero-order valence-corrected chi connectivity index (χ0v) is 19.0. The van der Waals surface area contributed by atoms with Gasteiger partial charge in [-0.3, -0.25) is 9.59 Å². The molecule has 7 nitrogen and oxygen atoms in total. The van der Waals surface area contributed by atoms with E-state index in [9.17, 15) is 9.59 Å². The van der Waals surface area contributed by atoms with Crippen molar-refractivity contribution in [2.24, 2.45) is 0 Å². The second-order valence-corrected chi connectivity index (χ2v) is 7.58. The molecule has 0 saturated heterocycles. The van der Waals surface area contributed by atoms with E-state index in [0.717, 1.165) is 11.3 Å². The lowest BCUT2D eigenvalue weighted by atomic mass is 10.1. The predicted octanol–water partition coefficient (Wildman–Crippen LogP) is 4.16. The fraction of sp³-hybridized carbons (Fsp3) is 0.148. The highest BCUT2D eigenvalue weighted by Crippen LogP contribution is 2.31. The second kappa shape index (κ2) is 10.5. The number of aromatic nitrogens is 2. The fourth-order valence-electron chi connectivity index (χ4n) is 3.63. The summed E-state index contributed by atoms with van der Waals surface area (Å²) < 4.78 is 12.0. The Hall–Kier alpha value is -4.39. The number of anilines is 1. The van der Waals surface area contributed by atoms with Crippen molar-refractivity contribution in [1.82, 2.24) is 9.78 Å². The minimum absolute atomic E-state index is 0.208. The average Bonchev–Trinajstić information content (AvgIpc) is 2.89. The van der Waals surface area contributed by atoms with E-state index in [1.165, 1.54) is 10.7 Å². The third-order valence-electron chi connectivity index (χ3n) is 5.39. The molecule has 0 aliphatic heterocycles. The van der Waals surface area contributed by atoms with Crippen LogP contribution in [0.4, 0.5) is 5.69 Å². The number of ether oxygens (including phenoxy) is 2. The lowest BCUT2D eigenvalue weighted by molar-refractivity contribution is -0.119. The van der Waals surface area contributed by atoms with E-state index in [2.05, 4.69) is 5.10 Å². The number of para-hydroxylation sites is 1. The maximum absolute atomic E-state index is 13.4. The van der Waals surface area contributed by atoms with Gasteiger partial charge < -0.3 is 14.4 Å². The number of benzene rings is 3. The van der Waals surface area contributed by atoms with Crippen LogP contribution in [-0.2, 0) is 17.9 Å². The Kier molecular flexibility index (Phi) is 7.03. The maximum atomic E-state index is 13.4. The molecule has 0 aliphatic carbocycles. The van der Waals surface area contributed by atoms with E-state index in [0.29, 0.717) is 29.3 Å². The molecule has 1 heterocycles. The molecule has 34 heavy (non-hydrogen) atoms. The molecule has 0 aliphatic rings. The summed E-state index contributed by atoms with van der Waals surface area (Å²) in [5, 5.41) is 4.47. The van der Waals surface area contributed by atoms with Crippen LogP contribution >= 0.6 is 0 Å². The van der Waals surface area contributed by atoms with E-state index < -0.39 is 0 Å². The zero-order valence-electron chi connectivity index (χ0n) is 19.0. The normalized spacial score (nSPS) is 10.5. The van der Waals surface area contributed by atoms with E-state index >= 15 is 0 Å². The van der Waals surface area contributed by atoms with Gasteiger partial charge in [-0.2, -0.15) is 5.10 Å². The van der Waals surface area contributed by atoms with Crippen molar-refractivity contribution in [2.75, 3.05) is 19.1 Å². The van der Waals surface area contributed by atoms with Crippen LogP contribution in [0.1, 0.15) is 5.56 Å². The summed E-state index contributed by atoms with van der Waals surface area (Å²) in [7, 11) is 3.13. The van der Waals surface area contributed by atoms with Crippen LogP contribution in [-0.4, -0.2) is 29.9 Å². The van der Waals surface area contributed by atoms with Gasteiger partial charge in [-0.15, -0.1) is 0 Å². The van der Waals surface area contributed by atoms with Crippen LogP contribution in [0.2, 0.25) is 0 Å². The highest BCUT2D eigenvalue weighted by atomic mass is 16.5. The first-order chi connectivity index (χ1) is 16.6. The number of amides is 1. The molecule has 172 valence electrons. The predicted molar refractivity (Wildman–Crippen MR) is 131 cm³/mol. The van der Waals surface area contributed by atoms with Crippen molar-refractivity contribution < 1.29 is 14.3 Å². The summed E-state index contributed by atoms with van der Waals surface area (Å²) in [6.45, 7) is 0.169. The first kappa shape index (κ1) is 22.8. The first-order valence-electron chi connectivity index (χ1n) is 10.8. The Morgan fingerprint density at radius 3 is 2.26 bits per heavy atom. The molecule has 1 aromatic heterocycles. The minimum Gasteiger partial charge on any atom is -0.497 e.